The Morgan fingerprint density at radius 2 is 1.54 bits per heavy atom. The average Bonchev–Trinajstić information content (AvgIpc) is 2.84. The first-order chi connectivity index (χ1) is 6.06. The molecule has 0 aromatic heterocycles. The first-order valence-electron chi connectivity index (χ1n) is 5.12. The second-order valence-electron chi connectivity index (χ2n) is 5.20. The highest BCUT2D eigenvalue weighted by molar-refractivity contribution is 5.33. The van der Waals surface area contributed by atoms with Crippen molar-refractivity contribution in [1.82, 2.24) is 0 Å². The fraction of sp³-hybridized carbons (Fsp3) is 0.538. The van der Waals surface area contributed by atoms with E-state index in [-0.39, 0.29) is 0 Å². The first-order valence-corrected chi connectivity index (χ1v) is 5.12. The molecular formula is C13H18. The summed E-state index contributed by atoms with van der Waals surface area (Å²) in [5, 5.41) is 0. The molecule has 1 aromatic carbocycles. The number of hydrogen-bond acceptors (Lipinski definition) is 0. The van der Waals surface area contributed by atoms with Crippen LogP contribution in [0.5, 0.6) is 0 Å². The summed E-state index contributed by atoms with van der Waals surface area (Å²) in [5.41, 5.74) is 2.42. The summed E-state index contributed by atoms with van der Waals surface area (Å²) in [6.07, 6.45) is 2.72. The van der Waals surface area contributed by atoms with Crippen molar-refractivity contribution in [2.75, 3.05) is 0 Å². The second kappa shape index (κ2) is 2.60. The van der Waals surface area contributed by atoms with Crippen LogP contribution < -0.4 is 0 Å². The monoisotopic (exact) mass is 174 g/mol. The number of benzene rings is 1. The molecule has 0 heterocycles. The molecule has 0 saturated heterocycles. The Morgan fingerprint density at radius 3 is 1.92 bits per heavy atom. The van der Waals surface area contributed by atoms with Crippen LogP contribution in [0, 0.1) is 5.41 Å². The maximum absolute atomic E-state index is 2.35. The van der Waals surface area contributed by atoms with Gasteiger partial charge in [-0.05, 0) is 23.8 Å². The summed E-state index contributed by atoms with van der Waals surface area (Å²) >= 11 is 0. The maximum atomic E-state index is 2.35. The van der Waals surface area contributed by atoms with E-state index in [9.17, 15) is 0 Å². The van der Waals surface area contributed by atoms with Crippen molar-refractivity contribution in [1.29, 1.82) is 0 Å². The molecule has 70 valence electrons. The van der Waals surface area contributed by atoms with Gasteiger partial charge in [-0.25, -0.2) is 0 Å². The largest absolute Gasteiger partial charge is 0.0622 e. The van der Waals surface area contributed by atoms with Crippen LogP contribution in [0.2, 0.25) is 0 Å². The highest BCUT2D eigenvalue weighted by Gasteiger charge is 2.52. The molecular weight excluding hydrogens is 156 g/mol. The van der Waals surface area contributed by atoms with E-state index in [2.05, 4.69) is 51.1 Å². The Hall–Kier alpha value is -0.780. The van der Waals surface area contributed by atoms with Gasteiger partial charge in [0.2, 0.25) is 0 Å². The summed E-state index contributed by atoms with van der Waals surface area (Å²) in [4.78, 5) is 0. The van der Waals surface area contributed by atoms with Gasteiger partial charge in [-0.1, -0.05) is 51.1 Å². The van der Waals surface area contributed by atoms with Gasteiger partial charge >= 0.3 is 0 Å². The van der Waals surface area contributed by atoms with Crippen molar-refractivity contribution in [3.05, 3.63) is 35.9 Å². The molecule has 0 spiro atoms. The lowest BCUT2D eigenvalue weighted by atomic mass is 9.73. The minimum Gasteiger partial charge on any atom is -0.0622 e. The molecule has 0 bridgehead atoms. The zero-order chi connectivity index (χ0) is 9.53. The van der Waals surface area contributed by atoms with Gasteiger partial charge in [0.05, 0.1) is 0 Å². The molecule has 0 nitrogen and oxygen atoms in total. The van der Waals surface area contributed by atoms with E-state index in [0.29, 0.717) is 10.8 Å². The van der Waals surface area contributed by atoms with Gasteiger partial charge in [0.1, 0.15) is 0 Å². The summed E-state index contributed by atoms with van der Waals surface area (Å²) in [6.45, 7) is 7.06. The molecule has 0 unspecified atom stereocenters. The SMILES string of the molecule is CC(C)(C)C1(c2ccccc2)CC1. The fourth-order valence-corrected chi connectivity index (χ4v) is 2.35. The van der Waals surface area contributed by atoms with Gasteiger partial charge < -0.3 is 0 Å². The zero-order valence-electron chi connectivity index (χ0n) is 8.80. The third kappa shape index (κ3) is 1.29. The van der Waals surface area contributed by atoms with Crippen LogP contribution in [0.4, 0.5) is 0 Å². The summed E-state index contributed by atoms with van der Waals surface area (Å²) in [7, 11) is 0. The van der Waals surface area contributed by atoms with E-state index in [0.717, 1.165) is 0 Å². The highest BCUT2D eigenvalue weighted by Crippen LogP contribution is 2.59. The molecule has 1 aromatic rings. The third-order valence-electron chi connectivity index (χ3n) is 3.51. The summed E-state index contributed by atoms with van der Waals surface area (Å²) in [6, 6.07) is 11.0. The van der Waals surface area contributed by atoms with Gasteiger partial charge in [-0.3, -0.25) is 0 Å². The fourth-order valence-electron chi connectivity index (χ4n) is 2.35. The Bertz CT molecular complexity index is 286. The van der Waals surface area contributed by atoms with E-state index < -0.39 is 0 Å². The minimum absolute atomic E-state index is 0.411. The molecule has 0 radical (unpaired) electrons. The van der Waals surface area contributed by atoms with E-state index in [1.54, 1.807) is 0 Å². The summed E-state index contributed by atoms with van der Waals surface area (Å²) in [5.74, 6) is 0. The molecule has 0 atom stereocenters. The van der Waals surface area contributed by atoms with Crippen LogP contribution in [-0.4, -0.2) is 0 Å². The van der Waals surface area contributed by atoms with Crippen molar-refractivity contribution in [3.8, 4) is 0 Å². The second-order valence-corrected chi connectivity index (χ2v) is 5.20. The maximum Gasteiger partial charge on any atom is 0.000213 e. The summed E-state index contributed by atoms with van der Waals surface area (Å²) < 4.78 is 0. The van der Waals surface area contributed by atoms with E-state index in [1.165, 1.54) is 18.4 Å². The van der Waals surface area contributed by atoms with Crippen molar-refractivity contribution < 1.29 is 0 Å². The van der Waals surface area contributed by atoms with Gasteiger partial charge in [-0.15, -0.1) is 0 Å². The Kier molecular flexibility index (Phi) is 1.76. The van der Waals surface area contributed by atoms with Crippen LogP contribution in [0.15, 0.2) is 30.3 Å². The minimum atomic E-state index is 0.411. The van der Waals surface area contributed by atoms with Gasteiger partial charge in [-0.2, -0.15) is 0 Å². The van der Waals surface area contributed by atoms with Crippen LogP contribution in [0.3, 0.4) is 0 Å². The molecule has 1 aliphatic rings. The molecule has 0 N–H and O–H groups in total. The molecule has 1 aliphatic carbocycles. The average molecular weight is 174 g/mol. The van der Waals surface area contributed by atoms with E-state index in [4.69, 9.17) is 0 Å². The van der Waals surface area contributed by atoms with Gasteiger partial charge in [0.25, 0.3) is 0 Å². The van der Waals surface area contributed by atoms with Gasteiger partial charge in [0, 0.05) is 5.41 Å². The van der Waals surface area contributed by atoms with Crippen LogP contribution in [-0.2, 0) is 5.41 Å². The molecule has 0 amide bonds. The number of rotatable bonds is 1. The molecule has 1 fully saturated rings. The zero-order valence-corrected chi connectivity index (χ0v) is 8.80. The topological polar surface area (TPSA) is 0 Å². The van der Waals surface area contributed by atoms with Crippen LogP contribution >= 0.6 is 0 Å². The van der Waals surface area contributed by atoms with Crippen molar-refractivity contribution in [3.63, 3.8) is 0 Å². The van der Waals surface area contributed by atoms with E-state index in [1.807, 2.05) is 0 Å². The predicted octanol–water partition coefficient (Wildman–Crippen LogP) is 3.76. The first kappa shape index (κ1) is 8.80. The van der Waals surface area contributed by atoms with Crippen molar-refractivity contribution >= 4 is 0 Å². The molecule has 2 rings (SSSR count). The Labute approximate surface area is 81.0 Å². The molecule has 0 aliphatic heterocycles. The van der Waals surface area contributed by atoms with E-state index >= 15 is 0 Å². The lowest BCUT2D eigenvalue weighted by Gasteiger charge is -2.31. The van der Waals surface area contributed by atoms with Crippen molar-refractivity contribution in [2.45, 2.75) is 39.0 Å². The smallest absolute Gasteiger partial charge is 0.000213 e. The quantitative estimate of drug-likeness (QED) is 0.608. The Balaban J connectivity index is 2.37. The van der Waals surface area contributed by atoms with Crippen LogP contribution in [0.1, 0.15) is 39.2 Å². The van der Waals surface area contributed by atoms with Crippen LogP contribution in [0.25, 0.3) is 0 Å². The normalized spacial score (nSPS) is 19.9. The van der Waals surface area contributed by atoms with Crippen molar-refractivity contribution in [2.24, 2.45) is 5.41 Å². The molecule has 13 heavy (non-hydrogen) atoms. The standard InChI is InChI=1S/C13H18/c1-12(2,3)13(9-10-13)11-7-5-4-6-8-11/h4-8H,9-10H2,1-3H3. The lowest BCUT2D eigenvalue weighted by Crippen LogP contribution is -2.25. The number of hydrogen-bond donors (Lipinski definition) is 0. The third-order valence-corrected chi connectivity index (χ3v) is 3.51. The highest BCUT2D eigenvalue weighted by atomic mass is 14.6. The lowest BCUT2D eigenvalue weighted by molar-refractivity contribution is 0.299. The molecule has 0 heteroatoms. The molecule has 1 saturated carbocycles. The van der Waals surface area contributed by atoms with Gasteiger partial charge in [0.15, 0.2) is 0 Å². The predicted molar refractivity (Wildman–Crippen MR) is 56.8 cm³/mol. The Morgan fingerprint density at radius 1 is 1.00 bits per heavy atom.